The van der Waals surface area contributed by atoms with Crippen LogP contribution in [-0.4, -0.2) is 7.11 Å². The highest BCUT2D eigenvalue weighted by Crippen LogP contribution is 2.50. The molecule has 0 bridgehead atoms. The zero-order chi connectivity index (χ0) is 15.1. The van der Waals surface area contributed by atoms with E-state index in [1.807, 2.05) is 12.1 Å². The van der Waals surface area contributed by atoms with Crippen molar-refractivity contribution in [1.82, 2.24) is 0 Å². The number of methoxy groups -OCH3 is 1. The second-order valence-electron chi connectivity index (χ2n) is 5.98. The van der Waals surface area contributed by atoms with Crippen molar-refractivity contribution in [2.75, 3.05) is 12.4 Å². The molecule has 2 aliphatic rings. The summed E-state index contributed by atoms with van der Waals surface area (Å²) in [5, 5.41) is 3.75. The molecule has 112 valence electrons. The van der Waals surface area contributed by atoms with Crippen LogP contribution in [0.25, 0.3) is 0 Å². The maximum Gasteiger partial charge on any atom is 0.118 e. The number of hydrogen-bond acceptors (Lipinski definition) is 2. The highest BCUT2D eigenvalue weighted by atomic mass is 79.9. The van der Waals surface area contributed by atoms with Crippen LogP contribution in [0.5, 0.6) is 5.75 Å². The van der Waals surface area contributed by atoms with E-state index < -0.39 is 0 Å². The molecule has 0 radical (unpaired) electrons. The Bertz CT molecular complexity index is 723. The molecule has 1 heterocycles. The van der Waals surface area contributed by atoms with Crippen molar-refractivity contribution in [2.45, 2.75) is 18.4 Å². The third-order valence-electron chi connectivity index (χ3n) is 4.80. The van der Waals surface area contributed by atoms with Crippen LogP contribution < -0.4 is 10.1 Å². The van der Waals surface area contributed by atoms with Gasteiger partial charge in [-0.05, 0) is 53.8 Å². The number of nitrogens with one attached hydrogen (secondary N) is 1. The molecule has 1 aliphatic heterocycles. The van der Waals surface area contributed by atoms with Crippen molar-refractivity contribution in [3.05, 3.63) is 70.2 Å². The van der Waals surface area contributed by atoms with Gasteiger partial charge in [-0.1, -0.05) is 40.2 Å². The van der Waals surface area contributed by atoms with E-state index in [0.29, 0.717) is 17.9 Å². The summed E-state index contributed by atoms with van der Waals surface area (Å²) in [6.45, 7) is 0. The summed E-state index contributed by atoms with van der Waals surface area (Å²) in [4.78, 5) is 0. The number of ether oxygens (including phenoxy) is 1. The molecule has 0 unspecified atom stereocenters. The number of fused-ring (bicyclic) bond motifs is 3. The fourth-order valence-corrected chi connectivity index (χ4v) is 4.09. The van der Waals surface area contributed by atoms with Crippen LogP contribution in [0.1, 0.15) is 29.5 Å². The van der Waals surface area contributed by atoms with Gasteiger partial charge >= 0.3 is 0 Å². The topological polar surface area (TPSA) is 21.3 Å². The Morgan fingerprint density at radius 1 is 1.14 bits per heavy atom. The second-order valence-corrected chi connectivity index (χ2v) is 6.90. The number of hydrogen-bond donors (Lipinski definition) is 1. The molecule has 1 N–H and O–H groups in total. The lowest BCUT2D eigenvalue weighted by Gasteiger charge is -2.37. The molecule has 4 rings (SSSR count). The molecule has 0 amide bonds. The lowest BCUT2D eigenvalue weighted by Crippen LogP contribution is -2.29. The van der Waals surface area contributed by atoms with E-state index in [0.717, 1.165) is 16.6 Å². The van der Waals surface area contributed by atoms with Gasteiger partial charge in [0.05, 0.1) is 13.2 Å². The molecule has 0 spiro atoms. The molecule has 2 aromatic carbocycles. The molecule has 22 heavy (non-hydrogen) atoms. The lowest BCUT2D eigenvalue weighted by atomic mass is 9.77. The quantitative estimate of drug-likeness (QED) is 0.739. The van der Waals surface area contributed by atoms with Gasteiger partial charge in [-0.25, -0.2) is 0 Å². The van der Waals surface area contributed by atoms with E-state index in [-0.39, 0.29) is 0 Å². The highest BCUT2D eigenvalue weighted by molar-refractivity contribution is 9.10. The SMILES string of the molecule is COc1ccc([C@@H]2Nc3ccc(Br)cc3[C@@H]3C=CC[C@@H]32)cc1. The van der Waals surface area contributed by atoms with Crippen LogP contribution in [0.2, 0.25) is 0 Å². The monoisotopic (exact) mass is 355 g/mol. The van der Waals surface area contributed by atoms with Gasteiger partial charge in [0.25, 0.3) is 0 Å². The molecule has 0 fully saturated rings. The Hall–Kier alpha value is -1.74. The Kier molecular flexibility index (Phi) is 3.45. The van der Waals surface area contributed by atoms with Crippen molar-refractivity contribution in [2.24, 2.45) is 5.92 Å². The van der Waals surface area contributed by atoms with Gasteiger partial charge in [-0.2, -0.15) is 0 Å². The summed E-state index contributed by atoms with van der Waals surface area (Å²) < 4.78 is 6.42. The van der Waals surface area contributed by atoms with E-state index >= 15 is 0 Å². The minimum atomic E-state index is 0.347. The summed E-state index contributed by atoms with van der Waals surface area (Å²) in [6.07, 6.45) is 5.82. The first kappa shape index (κ1) is 13.9. The third kappa shape index (κ3) is 2.24. The molecular weight excluding hydrogens is 338 g/mol. The largest absolute Gasteiger partial charge is 0.497 e. The van der Waals surface area contributed by atoms with E-state index in [9.17, 15) is 0 Å². The van der Waals surface area contributed by atoms with E-state index in [1.165, 1.54) is 16.8 Å². The molecule has 2 nitrogen and oxygen atoms in total. The zero-order valence-electron chi connectivity index (χ0n) is 12.4. The molecule has 2 aromatic rings. The Labute approximate surface area is 139 Å². The molecule has 0 saturated heterocycles. The maximum absolute atomic E-state index is 5.27. The fraction of sp³-hybridized carbons (Fsp3) is 0.263. The van der Waals surface area contributed by atoms with E-state index in [2.05, 4.69) is 63.7 Å². The summed E-state index contributed by atoms with van der Waals surface area (Å²) in [5.41, 5.74) is 3.97. The van der Waals surface area contributed by atoms with E-state index in [1.54, 1.807) is 7.11 Å². The van der Waals surface area contributed by atoms with Crippen LogP contribution in [-0.2, 0) is 0 Å². The van der Waals surface area contributed by atoms with Crippen molar-refractivity contribution in [1.29, 1.82) is 0 Å². The summed E-state index contributed by atoms with van der Waals surface area (Å²) in [6, 6.07) is 15.3. The molecule has 3 heteroatoms. The second kappa shape index (κ2) is 5.47. The number of rotatable bonds is 2. The summed E-state index contributed by atoms with van der Waals surface area (Å²) in [7, 11) is 1.71. The van der Waals surface area contributed by atoms with Gasteiger partial charge in [-0.15, -0.1) is 0 Å². The Morgan fingerprint density at radius 3 is 2.73 bits per heavy atom. The van der Waals surface area contributed by atoms with Crippen molar-refractivity contribution in [3.63, 3.8) is 0 Å². The smallest absolute Gasteiger partial charge is 0.118 e. The first-order chi connectivity index (χ1) is 10.8. The first-order valence-electron chi connectivity index (χ1n) is 7.63. The third-order valence-corrected chi connectivity index (χ3v) is 5.29. The average molecular weight is 356 g/mol. The normalized spacial score (nSPS) is 25.3. The minimum absolute atomic E-state index is 0.347. The minimum Gasteiger partial charge on any atom is -0.497 e. The van der Waals surface area contributed by atoms with Gasteiger partial charge < -0.3 is 10.1 Å². The van der Waals surface area contributed by atoms with Crippen molar-refractivity contribution >= 4 is 21.6 Å². The van der Waals surface area contributed by atoms with Crippen LogP contribution in [0.3, 0.4) is 0 Å². The van der Waals surface area contributed by atoms with Crippen LogP contribution in [0.4, 0.5) is 5.69 Å². The van der Waals surface area contributed by atoms with Crippen LogP contribution >= 0.6 is 15.9 Å². The standard InChI is InChI=1S/C19H18BrNO/c1-22-14-8-5-12(6-9-14)19-16-4-2-3-15(16)17-11-13(20)7-10-18(17)21-19/h2-3,5-11,15-16,19,21H,4H2,1H3/t15-,16+,19+/m1/s1. The average Bonchev–Trinajstić information content (AvgIpc) is 3.04. The number of benzene rings is 2. The van der Waals surface area contributed by atoms with Gasteiger partial charge in [0.1, 0.15) is 5.75 Å². The molecule has 1 aliphatic carbocycles. The summed E-state index contributed by atoms with van der Waals surface area (Å²) in [5.74, 6) is 1.99. The molecular formula is C19H18BrNO. The predicted octanol–water partition coefficient (Wildman–Crippen LogP) is 5.28. The Morgan fingerprint density at radius 2 is 1.95 bits per heavy atom. The van der Waals surface area contributed by atoms with Crippen LogP contribution in [0.15, 0.2) is 59.1 Å². The zero-order valence-corrected chi connectivity index (χ0v) is 14.0. The molecule has 3 atom stereocenters. The summed E-state index contributed by atoms with van der Waals surface area (Å²) >= 11 is 3.60. The van der Waals surface area contributed by atoms with Gasteiger partial charge in [0.2, 0.25) is 0 Å². The first-order valence-corrected chi connectivity index (χ1v) is 8.42. The van der Waals surface area contributed by atoms with Crippen molar-refractivity contribution in [3.8, 4) is 5.75 Å². The molecule has 0 saturated carbocycles. The number of halogens is 1. The number of allylic oxidation sites excluding steroid dienone is 2. The fourth-order valence-electron chi connectivity index (χ4n) is 3.71. The maximum atomic E-state index is 5.27. The van der Waals surface area contributed by atoms with E-state index in [4.69, 9.17) is 4.74 Å². The highest BCUT2D eigenvalue weighted by Gasteiger charge is 2.37. The molecule has 0 aromatic heterocycles. The number of anilines is 1. The lowest BCUT2D eigenvalue weighted by molar-refractivity contribution is 0.411. The van der Waals surface area contributed by atoms with Gasteiger partial charge in [-0.3, -0.25) is 0 Å². The Balaban J connectivity index is 1.74. The van der Waals surface area contributed by atoms with Gasteiger partial charge in [0.15, 0.2) is 0 Å². The van der Waals surface area contributed by atoms with Crippen molar-refractivity contribution < 1.29 is 4.74 Å². The predicted molar refractivity (Wildman–Crippen MR) is 93.5 cm³/mol. The van der Waals surface area contributed by atoms with Crippen LogP contribution in [0, 0.1) is 5.92 Å². The van der Waals surface area contributed by atoms with Gasteiger partial charge in [0, 0.05) is 16.1 Å².